The van der Waals surface area contributed by atoms with Crippen LogP contribution >= 0.6 is 0 Å². The molecule has 0 aliphatic carbocycles. The smallest absolute Gasteiger partial charge is 0.113 e. The zero-order valence-electron chi connectivity index (χ0n) is 26.7. The minimum absolute atomic E-state index is 0. The summed E-state index contributed by atoms with van der Waals surface area (Å²) in [5, 5.41) is 3.09. The summed E-state index contributed by atoms with van der Waals surface area (Å²) in [6.45, 7) is 6.92. The topological polar surface area (TPSA) is 25.8 Å². The number of fused-ring (bicyclic) bond motifs is 3. The van der Waals surface area contributed by atoms with Gasteiger partial charge in [-0.3, -0.25) is 0 Å². The van der Waals surface area contributed by atoms with Gasteiger partial charge in [0, 0.05) is 32.0 Å². The van der Waals surface area contributed by atoms with Crippen molar-refractivity contribution in [2.24, 2.45) is 0 Å². The molecule has 47 heavy (non-hydrogen) atoms. The Labute approximate surface area is 292 Å². The van der Waals surface area contributed by atoms with Gasteiger partial charge in [-0.2, -0.15) is 0 Å². The summed E-state index contributed by atoms with van der Waals surface area (Å²) in [4.78, 5) is 8.90. The summed E-state index contributed by atoms with van der Waals surface area (Å²) >= 11 is 0. The molecule has 1 radical (unpaired) electrons. The molecule has 7 aromatic rings. The molecule has 2 nitrogen and oxygen atoms in total. The number of pyridine rings is 2. The van der Waals surface area contributed by atoms with Crippen LogP contribution in [0.4, 0.5) is 0 Å². The van der Waals surface area contributed by atoms with E-state index >= 15 is 0 Å². The van der Waals surface area contributed by atoms with Gasteiger partial charge in [-0.25, -0.2) is 0 Å². The molecule has 0 amide bonds. The SMILES string of the molecule is C[Si]1(C)c2ccccc2-c2cc(-c3cccc(-c4cc[c-]c(-c5ccccn5)c4)c3)ccc21.Cc1cccc(-c2[c-]cccc2)n1.[Ir]. The standard InChI is InChI=1S/C31H24NSi.C12H10N.Ir/c1-33(2)30-15-4-3-13-27(30)28-21-25(16-17-31(28)33)23-10-7-9-22(19-23)24-11-8-12-26(20-24)29-14-5-6-18-32-29;1-10-6-5-9-12(13-10)11-7-3-2-4-8-11;/h3-11,13-21H,1-2H3;2-7,9H,1H3;/q2*-1;. The first-order valence-electron chi connectivity index (χ1n) is 15.7. The Hall–Kier alpha value is -4.73. The van der Waals surface area contributed by atoms with Crippen molar-refractivity contribution in [3.63, 3.8) is 0 Å². The van der Waals surface area contributed by atoms with Crippen LogP contribution < -0.4 is 10.4 Å². The monoisotopic (exact) mass is 799 g/mol. The van der Waals surface area contributed by atoms with Gasteiger partial charge in [-0.05, 0) is 80.8 Å². The Balaban J connectivity index is 0.000000232. The predicted molar refractivity (Wildman–Crippen MR) is 195 cm³/mol. The maximum atomic E-state index is 4.48. The third kappa shape index (κ3) is 6.73. The normalized spacial score (nSPS) is 12.1. The molecule has 0 saturated heterocycles. The molecular weight excluding hydrogens is 765 g/mol. The number of nitrogens with zero attached hydrogens (tertiary/aromatic N) is 2. The van der Waals surface area contributed by atoms with Crippen LogP contribution in [0.25, 0.3) is 55.9 Å². The second-order valence-electron chi connectivity index (χ2n) is 12.2. The van der Waals surface area contributed by atoms with E-state index in [1.807, 2.05) is 79.9 Å². The molecule has 3 heterocycles. The van der Waals surface area contributed by atoms with Crippen LogP contribution in [-0.4, -0.2) is 18.0 Å². The van der Waals surface area contributed by atoms with E-state index < -0.39 is 8.07 Å². The second-order valence-corrected chi connectivity index (χ2v) is 16.5. The van der Waals surface area contributed by atoms with E-state index in [2.05, 4.69) is 114 Å². The maximum Gasteiger partial charge on any atom is 0.113 e. The van der Waals surface area contributed by atoms with Crippen molar-refractivity contribution >= 4 is 18.4 Å². The Kier molecular flexibility index (Phi) is 9.56. The van der Waals surface area contributed by atoms with Crippen LogP contribution in [0.3, 0.4) is 0 Å². The first kappa shape index (κ1) is 32.2. The van der Waals surface area contributed by atoms with Crippen molar-refractivity contribution in [1.82, 2.24) is 9.97 Å². The molecule has 0 N–H and O–H groups in total. The fourth-order valence-corrected chi connectivity index (χ4v) is 9.41. The minimum Gasteiger partial charge on any atom is -0.305 e. The van der Waals surface area contributed by atoms with Gasteiger partial charge in [0.05, 0.1) is 0 Å². The molecule has 0 bridgehead atoms. The summed E-state index contributed by atoms with van der Waals surface area (Å²) in [6, 6.07) is 57.5. The first-order valence-corrected chi connectivity index (χ1v) is 18.7. The fourth-order valence-electron chi connectivity index (χ4n) is 6.34. The largest absolute Gasteiger partial charge is 0.305 e. The number of rotatable bonds is 4. The van der Waals surface area contributed by atoms with Gasteiger partial charge in [-0.15, -0.1) is 71.3 Å². The Morgan fingerprint density at radius 2 is 1.19 bits per heavy atom. The zero-order valence-corrected chi connectivity index (χ0v) is 30.1. The van der Waals surface area contributed by atoms with Crippen molar-refractivity contribution in [3.05, 3.63) is 170 Å². The molecule has 1 aliphatic heterocycles. The molecular formula is C43H34IrN2Si-2. The molecule has 0 atom stereocenters. The van der Waals surface area contributed by atoms with Crippen LogP contribution in [0.1, 0.15) is 5.69 Å². The first-order chi connectivity index (χ1) is 22.5. The van der Waals surface area contributed by atoms with E-state index in [1.54, 1.807) is 10.4 Å². The molecule has 0 saturated carbocycles. The third-order valence-corrected chi connectivity index (χ3v) is 12.3. The molecule has 8 rings (SSSR count). The van der Waals surface area contributed by atoms with Gasteiger partial charge in [0.1, 0.15) is 8.07 Å². The molecule has 2 aromatic heterocycles. The van der Waals surface area contributed by atoms with Crippen molar-refractivity contribution in [2.75, 3.05) is 0 Å². The second kappa shape index (κ2) is 13.9. The third-order valence-electron chi connectivity index (χ3n) is 8.73. The molecule has 0 spiro atoms. The van der Waals surface area contributed by atoms with E-state index in [9.17, 15) is 0 Å². The number of aromatic nitrogens is 2. The molecule has 0 unspecified atom stereocenters. The summed E-state index contributed by atoms with van der Waals surface area (Å²) in [7, 11) is -1.62. The van der Waals surface area contributed by atoms with Crippen LogP contribution in [0.5, 0.6) is 0 Å². The Morgan fingerprint density at radius 1 is 0.511 bits per heavy atom. The van der Waals surface area contributed by atoms with Crippen molar-refractivity contribution in [2.45, 2.75) is 20.0 Å². The van der Waals surface area contributed by atoms with Crippen LogP contribution in [-0.2, 0) is 20.1 Å². The van der Waals surface area contributed by atoms with Crippen LogP contribution in [0.15, 0.2) is 152 Å². The van der Waals surface area contributed by atoms with E-state index in [0.717, 1.165) is 28.2 Å². The molecule has 5 aromatic carbocycles. The quantitative estimate of drug-likeness (QED) is 0.131. The maximum absolute atomic E-state index is 4.48. The number of hydrogen-bond acceptors (Lipinski definition) is 2. The predicted octanol–water partition coefficient (Wildman–Crippen LogP) is 9.54. The zero-order chi connectivity index (χ0) is 31.5. The summed E-state index contributed by atoms with van der Waals surface area (Å²) < 4.78 is 0. The molecule has 0 fully saturated rings. The number of benzene rings is 5. The summed E-state index contributed by atoms with van der Waals surface area (Å²) in [5.74, 6) is 0. The van der Waals surface area contributed by atoms with Gasteiger partial charge in [0.2, 0.25) is 0 Å². The summed E-state index contributed by atoms with van der Waals surface area (Å²) in [6.07, 6.45) is 1.83. The fraction of sp³-hybridized carbons (Fsp3) is 0.0698. The van der Waals surface area contributed by atoms with Crippen LogP contribution in [0, 0.1) is 19.1 Å². The summed E-state index contributed by atoms with van der Waals surface area (Å²) in [5.41, 5.74) is 12.8. The Morgan fingerprint density at radius 3 is 1.96 bits per heavy atom. The van der Waals surface area contributed by atoms with Crippen molar-refractivity contribution in [3.8, 4) is 55.9 Å². The minimum atomic E-state index is -1.62. The average molecular weight is 799 g/mol. The number of hydrogen-bond donors (Lipinski definition) is 0. The van der Waals surface area contributed by atoms with Crippen LogP contribution in [0.2, 0.25) is 13.1 Å². The Bertz CT molecular complexity index is 2140. The number of aryl methyl sites for hydroxylation is 1. The van der Waals surface area contributed by atoms with Gasteiger partial charge < -0.3 is 9.97 Å². The van der Waals surface area contributed by atoms with E-state index in [-0.39, 0.29) is 20.1 Å². The van der Waals surface area contributed by atoms with E-state index in [1.165, 1.54) is 33.4 Å². The van der Waals surface area contributed by atoms with Gasteiger partial charge >= 0.3 is 0 Å². The average Bonchev–Trinajstić information content (AvgIpc) is 3.35. The van der Waals surface area contributed by atoms with Gasteiger partial charge in [0.15, 0.2) is 0 Å². The van der Waals surface area contributed by atoms with Gasteiger partial charge in [-0.1, -0.05) is 92.0 Å². The van der Waals surface area contributed by atoms with E-state index in [0.29, 0.717) is 0 Å². The van der Waals surface area contributed by atoms with Crippen molar-refractivity contribution in [1.29, 1.82) is 0 Å². The molecule has 1 aliphatic rings. The molecule has 4 heteroatoms. The molecule has 231 valence electrons. The van der Waals surface area contributed by atoms with Crippen molar-refractivity contribution < 1.29 is 20.1 Å². The van der Waals surface area contributed by atoms with E-state index in [4.69, 9.17) is 0 Å². The van der Waals surface area contributed by atoms with Gasteiger partial charge in [0.25, 0.3) is 0 Å².